The predicted octanol–water partition coefficient (Wildman–Crippen LogP) is 2.01. The minimum Gasteiger partial charge on any atom is -0.396 e. The van der Waals surface area contributed by atoms with E-state index in [0.29, 0.717) is 12.5 Å². The second kappa shape index (κ2) is 9.14. The van der Waals surface area contributed by atoms with Crippen molar-refractivity contribution in [1.29, 1.82) is 0 Å². The lowest BCUT2D eigenvalue weighted by atomic mass is 10.0. The van der Waals surface area contributed by atoms with Crippen molar-refractivity contribution in [1.82, 2.24) is 10.3 Å². The molecule has 3 nitrogen and oxygen atoms in total. The van der Waals surface area contributed by atoms with Gasteiger partial charge in [0.25, 0.3) is 0 Å². The first-order valence-electron chi connectivity index (χ1n) is 6.58. The number of hydrogen-bond acceptors (Lipinski definition) is 3. The molecule has 17 heavy (non-hydrogen) atoms. The normalized spacial score (nSPS) is 12.6. The van der Waals surface area contributed by atoms with E-state index in [1.165, 1.54) is 12.8 Å². The van der Waals surface area contributed by atoms with E-state index in [0.717, 1.165) is 31.6 Å². The summed E-state index contributed by atoms with van der Waals surface area (Å²) in [7, 11) is 0. The van der Waals surface area contributed by atoms with Crippen molar-refractivity contribution >= 4 is 0 Å². The number of nitrogens with one attached hydrogen (secondary N) is 1. The highest BCUT2D eigenvalue weighted by Gasteiger charge is 2.06. The third kappa shape index (κ3) is 6.39. The molecule has 0 saturated heterocycles. The molecule has 1 atom stereocenters. The molecule has 0 fully saturated rings. The fraction of sp³-hybridized carbons (Fsp3) is 0.643. The number of aliphatic hydroxyl groups excluding tert-OH is 1. The van der Waals surface area contributed by atoms with Crippen LogP contribution in [0.1, 0.15) is 31.9 Å². The van der Waals surface area contributed by atoms with Crippen molar-refractivity contribution in [2.24, 2.45) is 5.92 Å². The molecule has 0 aromatic carbocycles. The number of nitrogens with zero attached hydrogens (tertiary/aromatic N) is 1. The van der Waals surface area contributed by atoms with Crippen molar-refractivity contribution in [2.45, 2.75) is 32.6 Å². The van der Waals surface area contributed by atoms with E-state index in [4.69, 9.17) is 5.11 Å². The molecule has 0 aliphatic carbocycles. The van der Waals surface area contributed by atoms with Gasteiger partial charge in [-0.3, -0.25) is 4.98 Å². The molecule has 1 rings (SSSR count). The van der Waals surface area contributed by atoms with E-state index < -0.39 is 0 Å². The van der Waals surface area contributed by atoms with E-state index in [1.54, 1.807) is 0 Å². The van der Waals surface area contributed by atoms with Gasteiger partial charge in [-0.25, -0.2) is 0 Å². The third-order valence-electron chi connectivity index (χ3n) is 2.95. The SMILES string of the molecule is CCCC(CCO)CNCCc1ccccn1. The molecule has 0 spiro atoms. The van der Waals surface area contributed by atoms with Gasteiger partial charge in [-0.2, -0.15) is 0 Å². The molecular formula is C14H24N2O. The fourth-order valence-electron chi connectivity index (χ4n) is 2.01. The molecule has 1 aromatic heterocycles. The zero-order valence-corrected chi connectivity index (χ0v) is 10.7. The second-order valence-electron chi connectivity index (χ2n) is 4.44. The predicted molar refractivity (Wildman–Crippen MR) is 70.9 cm³/mol. The third-order valence-corrected chi connectivity index (χ3v) is 2.95. The van der Waals surface area contributed by atoms with Gasteiger partial charge < -0.3 is 10.4 Å². The average Bonchev–Trinajstić information content (AvgIpc) is 2.36. The van der Waals surface area contributed by atoms with Gasteiger partial charge in [-0.15, -0.1) is 0 Å². The largest absolute Gasteiger partial charge is 0.396 e. The van der Waals surface area contributed by atoms with Crippen molar-refractivity contribution in [3.05, 3.63) is 30.1 Å². The molecule has 0 aliphatic rings. The summed E-state index contributed by atoms with van der Waals surface area (Å²) >= 11 is 0. The molecule has 1 heterocycles. The Morgan fingerprint density at radius 3 is 2.88 bits per heavy atom. The van der Waals surface area contributed by atoms with Gasteiger partial charge in [0.05, 0.1) is 0 Å². The first-order chi connectivity index (χ1) is 8.36. The van der Waals surface area contributed by atoms with Crippen molar-refractivity contribution < 1.29 is 5.11 Å². The van der Waals surface area contributed by atoms with Crippen molar-refractivity contribution in [3.8, 4) is 0 Å². The van der Waals surface area contributed by atoms with Gasteiger partial charge in [-0.1, -0.05) is 19.4 Å². The number of pyridine rings is 1. The summed E-state index contributed by atoms with van der Waals surface area (Å²) in [5.41, 5.74) is 1.13. The highest BCUT2D eigenvalue weighted by atomic mass is 16.3. The molecule has 96 valence electrons. The van der Waals surface area contributed by atoms with Crippen LogP contribution >= 0.6 is 0 Å². The molecule has 3 heteroatoms. The first-order valence-corrected chi connectivity index (χ1v) is 6.58. The molecule has 0 bridgehead atoms. The molecule has 0 radical (unpaired) electrons. The smallest absolute Gasteiger partial charge is 0.0434 e. The Balaban J connectivity index is 2.13. The Hall–Kier alpha value is -0.930. The summed E-state index contributed by atoms with van der Waals surface area (Å²) in [6.45, 7) is 4.45. The van der Waals surface area contributed by atoms with Crippen LogP contribution < -0.4 is 5.32 Å². The highest BCUT2D eigenvalue weighted by molar-refractivity contribution is 5.03. The van der Waals surface area contributed by atoms with Gasteiger partial charge in [-0.05, 0) is 37.4 Å². The van der Waals surface area contributed by atoms with Crippen LogP contribution in [0.15, 0.2) is 24.4 Å². The molecule has 0 aliphatic heterocycles. The van der Waals surface area contributed by atoms with Crippen LogP contribution in [0.25, 0.3) is 0 Å². The van der Waals surface area contributed by atoms with Gasteiger partial charge in [0.2, 0.25) is 0 Å². The summed E-state index contributed by atoms with van der Waals surface area (Å²) in [5, 5.41) is 12.4. The fourth-order valence-corrected chi connectivity index (χ4v) is 2.01. The van der Waals surface area contributed by atoms with E-state index >= 15 is 0 Å². The summed E-state index contributed by atoms with van der Waals surface area (Å²) in [6, 6.07) is 6.02. The first kappa shape index (κ1) is 14.1. The Labute approximate surface area is 104 Å². The standard InChI is InChI=1S/C14H24N2O/c1-2-5-13(8-11-17)12-15-10-7-14-6-3-4-9-16-14/h3-4,6,9,13,15,17H,2,5,7-8,10-12H2,1H3. The van der Waals surface area contributed by atoms with Crippen molar-refractivity contribution in [3.63, 3.8) is 0 Å². The van der Waals surface area contributed by atoms with Crippen molar-refractivity contribution in [2.75, 3.05) is 19.7 Å². The number of aliphatic hydroxyl groups is 1. The molecule has 2 N–H and O–H groups in total. The van der Waals surface area contributed by atoms with Gasteiger partial charge >= 0.3 is 0 Å². The van der Waals surface area contributed by atoms with Crippen LogP contribution in [0.5, 0.6) is 0 Å². The van der Waals surface area contributed by atoms with Crippen LogP contribution in [0, 0.1) is 5.92 Å². The molecule has 0 amide bonds. The van der Waals surface area contributed by atoms with Gasteiger partial charge in [0, 0.05) is 31.5 Å². The maximum absolute atomic E-state index is 8.96. The molecular weight excluding hydrogens is 212 g/mol. The summed E-state index contributed by atoms with van der Waals surface area (Å²) in [4.78, 5) is 4.29. The Bertz CT molecular complexity index is 271. The minimum absolute atomic E-state index is 0.298. The van der Waals surface area contributed by atoms with Gasteiger partial charge in [0.1, 0.15) is 0 Å². The Morgan fingerprint density at radius 2 is 2.24 bits per heavy atom. The quantitative estimate of drug-likeness (QED) is 0.645. The van der Waals surface area contributed by atoms with E-state index in [1.807, 2.05) is 18.3 Å². The van der Waals surface area contributed by atoms with Crippen LogP contribution in [-0.2, 0) is 6.42 Å². The second-order valence-corrected chi connectivity index (χ2v) is 4.44. The molecule has 0 saturated carbocycles. The van der Waals surface area contributed by atoms with E-state index in [2.05, 4.69) is 23.3 Å². The van der Waals surface area contributed by atoms with Crippen LogP contribution in [0.3, 0.4) is 0 Å². The zero-order chi connectivity index (χ0) is 12.3. The van der Waals surface area contributed by atoms with Crippen LogP contribution in [-0.4, -0.2) is 29.8 Å². The Morgan fingerprint density at radius 1 is 1.35 bits per heavy atom. The highest BCUT2D eigenvalue weighted by Crippen LogP contribution is 2.09. The topological polar surface area (TPSA) is 45.1 Å². The maximum Gasteiger partial charge on any atom is 0.0434 e. The molecule has 1 aromatic rings. The lowest BCUT2D eigenvalue weighted by Crippen LogP contribution is -2.25. The van der Waals surface area contributed by atoms with E-state index in [9.17, 15) is 0 Å². The van der Waals surface area contributed by atoms with Gasteiger partial charge in [0.15, 0.2) is 0 Å². The summed E-state index contributed by atoms with van der Waals surface area (Å²) in [5.74, 6) is 0.605. The lowest BCUT2D eigenvalue weighted by Gasteiger charge is -2.15. The van der Waals surface area contributed by atoms with Crippen LogP contribution in [0.4, 0.5) is 0 Å². The lowest BCUT2D eigenvalue weighted by molar-refractivity contribution is 0.248. The Kier molecular flexibility index (Phi) is 7.60. The average molecular weight is 236 g/mol. The number of rotatable bonds is 9. The zero-order valence-electron chi connectivity index (χ0n) is 10.7. The van der Waals surface area contributed by atoms with Crippen LogP contribution in [0.2, 0.25) is 0 Å². The maximum atomic E-state index is 8.96. The monoisotopic (exact) mass is 236 g/mol. The summed E-state index contributed by atoms with van der Waals surface area (Å²) < 4.78 is 0. The minimum atomic E-state index is 0.298. The van der Waals surface area contributed by atoms with E-state index in [-0.39, 0.29) is 0 Å². The summed E-state index contributed by atoms with van der Waals surface area (Å²) in [6.07, 6.45) is 6.09. The number of hydrogen-bond donors (Lipinski definition) is 2. The number of aromatic nitrogens is 1. The molecule has 1 unspecified atom stereocenters.